The minimum atomic E-state index is -3.29. The topological polar surface area (TPSA) is 128 Å². The minimum absolute atomic E-state index is 0.186. The second kappa shape index (κ2) is 11.9. The van der Waals surface area contributed by atoms with Crippen molar-refractivity contribution in [3.8, 4) is 0 Å². The third kappa shape index (κ3) is 7.90. The highest BCUT2D eigenvalue weighted by atomic mass is 35.5. The number of hydrogen-bond donors (Lipinski definition) is 4. The molecule has 4 aromatic rings. The number of hydrogen-bond acceptors (Lipinski definition) is 7. The first-order valence-corrected chi connectivity index (χ1v) is 13.7. The molecule has 1 heterocycles. The largest absolute Gasteiger partial charge is 0.329 e. The lowest BCUT2D eigenvalue weighted by atomic mass is 10.2. The van der Waals surface area contributed by atoms with E-state index in [-0.39, 0.29) is 12.6 Å². The molecule has 0 fully saturated rings. The van der Waals surface area contributed by atoms with Gasteiger partial charge < -0.3 is 20.9 Å². The fraction of sp³-hybridized carbons (Fsp3) is 0.115. The summed E-state index contributed by atoms with van der Waals surface area (Å²) in [6, 6.07) is 22.9. The highest BCUT2D eigenvalue weighted by Gasteiger charge is 2.09. The number of nitrogens with one attached hydrogen (secondary N) is 4. The van der Waals surface area contributed by atoms with Crippen LogP contribution in [0.4, 0.5) is 39.3 Å². The summed E-state index contributed by atoms with van der Waals surface area (Å²) in [4.78, 5) is 23.1. The van der Waals surface area contributed by atoms with Gasteiger partial charge in [0.05, 0.1) is 6.26 Å². The molecule has 0 aliphatic heterocycles. The Morgan fingerprint density at radius 3 is 2.37 bits per heavy atom. The second-order valence-corrected chi connectivity index (χ2v) is 10.6. The van der Waals surface area contributed by atoms with E-state index in [2.05, 4.69) is 30.6 Å². The Morgan fingerprint density at radius 1 is 0.921 bits per heavy atom. The van der Waals surface area contributed by atoms with Crippen molar-refractivity contribution in [2.75, 3.05) is 34.2 Å². The molecule has 4 N–H and O–H groups in total. The number of sulfonamides is 1. The fourth-order valence-electron chi connectivity index (χ4n) is 3.46. The van der Waals surface area contributed by atoms with Crippen LogP contribution >= 0.6 is 11.6 Å². The Kier molecular flexibility index (Phi) is 8.41. The van der Waals surface area contributed by atoms with Gasteiger partial charge in [0.1, 0.15) is 5.82 Å². The number of anilines is 6. The van der Waals surface area contributed by atoms with E-state index in [1.54, 1.807) is 48.7 Å². The fourth-order valence-corrected chi connectivity index (χ4v) is 4.08. The summed E-state index contributed by atoms with van der Waals surface area (Å²) in [7, 11) is -1.41. The first-order valence-electron chi connectivity index (χ1n) is 11.5. The summed E-state index contributed by atoms with van der Waals surface area (Å²) < 4.78 is 25.2. The molecule has 0 atom stereocenters. The molecule has 38 heavy (non-hydrogen) atoms. The van der Waals surface area contributed by atoms with Gasteiger partial charge in [-0.05, 0) is 66.2 Å². The van der Waals surface area contributed by atoms with Crippen LogP contribution in [0.1, 0.15) is 5.56 Å². The summed E-state index contributed by atoms with van der Waals surface area (Å²) in [5.41, 5.74) is 3.59. The summed E-state index contributed by atoms with van der Waals surface area (Å²) in [6.07, 6.45) is 2.76. The standard InChI is InChI=1S/C26H26ClN7O3S/c1-34(23-11-9-20(10-12-23)31-26(35)32-22-8-4-6-19(27)16-22)24-13-14-28-25(33-24)30-21-7-3-5-18(15-21)17-29-38(2,36)37/h3-16,29H,17H2,1-2H3,(H,28,30,33)(H2,31,32,35). The molecule has 2 amide bonds. The van der Waals surface area contributed by atoms with Crippen molar-refractivity contribution in [1.82, 2.24) is 14.7 Å². The van der Waals surface area contributed by atoms with Crippen molar-refractivity contribution >= 4 is 62.2 Å². The molecule has 10 nitrogen and oxygen atoms in total. The maximum Gasteiger partial charge on any atom is 0.323 e. The summed E-state index contributed by atoms with van der Waals surface area (Å²) >= 11 is 5.96. The molecule has 1 aromatic heterocycles. The van der Waals surface area contributed by atoms with E-state index in [9.17, 15) is 13.2 Å². The van der Waals surface area contributed by atoms with E-state index in [1.165, 1.54) is 0 Å². The number of halogens is 1. The number of amides is 2. The van der Waals surface area contributed by atoms with Crippen LogP contribution in [0.3, 0.4) is 0 Å². The van der Waals surface area contributed by atoms with Crippen molar-refractivity contribution in [3.63, 3.8) is 0 Å². The molecule has 3 aromatic carbocycles. The lowest BCUT2D eigenvalue weighted by Gasteiger charge is -2.19. The van der Waals surface area contributed by atoms with Gasteiger partial charge in [0.25, 0.3) is 0 Å². The van der Waals surface area contributed by atoms with E-state index in [4.69, 9.17) is 11.6 Å². The molecule has 12 heteroatoms. The maximum absolute atomic E-state index is 12.3. The van der Waals surface area contributed by atoms with Crippen LogP contribution in [0.5, 0.6) is 0 Å². The molecule has 0 unspecified atom stereocenters. The predicted molar refractivity (Wildman–Crippen MR) is 152 cm³/mol. The molecule has 0 spiro atoms. The van der Waals surface area contributed by atoms with Gasteiger partial charge in [-0.15, -0.1) is 0 Å². The zero-order valence-electron chi connectivity index (χ0n) is 20.6. The monoisotopic (exact) mass is 551 g/mol. The molecule has 0 aliphatic rings. The first kappa shape index (κ1) is 26.9. The van der Waals surface area contributed by atoms with E-state index in [0.717, 1.165) is 23.2 Å². The zero-order valence-corrected chi connectivity index (χ0v) is 22.2. The van der Waals surface area contributed by atoms with Crippen molar-refractivity contribution in [1.29, 1.82) is 0 Å². The lowest BCUT2D eigenvalue weighted by molar-refractivity contribution is 0.262. The Morgan fingerprint density at radius 2 is 1.63 bits per heavy atom. The Hall–Kier alpha value is -4.19. The molecule has 0 aliphatic carbocycles. The minimum Gasteiger partial charge on any atom is -0.329 e. The molecular weight excluding hydrogens is 526 g/mol. The van der Waals surface area contributed by atoms with Crippen molar-refractivity contribution in [2.24, 2.45) is 0 Å². The van der Waals surface area contributed by atoms with Crippen LogP contribution in [-0.2, 0) is 16.6 Å². The zero-order chi connectivity index (χ0) is 27.1. The van der Waals surface area contributed by atoms with Gasteiger partial charge in [-0.3, -0.25) is 0 Å². The van der Waals surface area contributed by atoms with Gasteiger partial charge in [-0.25, -0.2) is 22.9 Å². The van der Waals surface area contributed by atoms with E-state index in [1.807, 2.05) is 48.3 Å². The van der Waals surface area contributed by atoms with Crippen LogP contribution in [0.2, 0.25) is 5.02 Å². The number of rotatable bonds is 9. The quantitative estimate of drug-likeness (QED) is 0.221. The molecule has 196 valence electrons. The van der Waals surface area contributed by atoms with E-state index in [0.29, 0.717) is 28.2 Å². The normalized spacial score (nSPS) is 11.0. The third-order valence-corrected chi connectivity index (χ3v) is 6.20. The van der Waals surface area contributed by atoms with Crippen LogP contribution in [-0.4, -0.2) is 37.7 Å². The molecule has 0 bridgehead atoms. The van der Waals surface area contributed by atoms with Crippen molar-refractivity contribution < 1.29 is 13.2 Å². The van der Waals surface area contributed by atoms with Crippen molar-refractivity contribution in [3.05, 3.63) is 95.6 Å². The van der Waals surface area contributed by atoms with Crippen LogP contribution < -0.4 is 25.6 Å². The average molecular weight is 552 g/mol. The van der Waals surface area contributed by atoms with Gasteiger partial charge in [0, 0.05) is 47.6 Å². The number of nitrogens with zero attached hydrogens (tertiary/aromatic N) is 3. The average Bonchev–Trinajstić information content (AvgIpc) is 2.87. The smallest absolute Gasteiger partial charge is 0.323 e. The van der Waals surface area contributed by atoms with Gasteiger partial charge in [0.2, 0.25) is 16.0 Å². The maximum atomic E-state index is 12.3. The predicted octanol–water partition coefficient (Wildman–Crippen LogP) is 5.33. The highest BCUT2D eigenvalue weighted by molar-refractivity contribution is 7.88. The van der Waals surface area contributed by atoms with Gasteiger partial charge in [-0.1, -0.05) is 29.8 Å². The molecular formula is C26H26ClN7O3S. The van der Waals surface area contributed by atoms with E-state index >= 15 is 0 Å². The van der Waals surface area contributed by atoms with Crippen LogP contribution in [0.15, 0.2) is 85.1 Å². The third-order valence-electron chi connectivity index (χ3n) is 5.30. The van der Waals surface area contributed by atoms with E-state index < -0.39 is 10.0 Å². The SMILES string of the molecule is CN(c1ccc(NC(=O)Nc2cccc(Cl)c2)cc1)c1ccnc(Nc2cccc(CNS(C)(=O)=O)c2)n1. The first-order chi connectivity index (χ1) is 18.1. The Balaban J connectivity index is 1.39. The van der Waals surface area contributed by atoms with Gasteiger partial charge in [0.15, 0.2) is 0 Å². The molecule has 0 saturated heterocycles. The molecule has 0 saturated carbocycles. The van der Waals surface area contributed by atoms with Crippen molar-refractivity contribution in [2.45, 2.75) is 6.54 Å². The summed E-state index contributed by atoms with van der Waals surface area (Å²) in [5, 5.41) is 9.22. The van der Waals surface area contributed by atoms with Crippen LogP contribution in [0, 0.1) is 0 Å². The molecule has 0 radical (unpaired) electrons. The van der Waals surface area contributed by atoms with Gasteiger partial charge in [-0.2, -0.15) is 4.98 Å². The number of urea groups is 1. The highest BCUT2D eigenvalue weighted by Crippen LogP contribution is 2.25. The summed E-state index contributed by atoms with van der Waals surface area (Å²) in [6.45, 7) is 0.186. The Bertz CT molecular complexity index is 1530. The summed E-state index contributed by atoms with van der Waals surface area (Å²) in [5.74, 6) is 1.04. The van der Waals surface area contributed by atoms with Crippen LogP contribution in [0.25, 0.3) is 0 Å². The molecule has 4 rings (SSSR count). The number of carbonyl (C=O) groups excluding carboxylic acids is 1. The number of benzene rings is 3. The Labute approximate surface area is 226 Å². The number of carbonyl (C=O) groups is 1. The lowest BCUT2D eigenvalue weighted by Crippen LogP contribution is -2.21. The van der Waals surface area contributed by atoms with Gasteiger partial charge >= 0.3 is 6.03 Å². The number of aromatic nitrogens is 2. The second-order valence-electron chi connectivity index (χ2n) is 8.35.